The van der Waals surface area contributed by atoms with Crippen LogP contribution in [0.3, 0.4) is 0 Å². The van der Waals surface area contributed by atoms with E-state index < -0.39 is 30.0 Å². The van der Waals surface area contributed by atoms with E-state index in [1.165, 1.54) is 0 Å². The number of benzene rings is 1. The molecule has 1 aliphatic heterocycles. The van der Waals surface area contributed by atoms with Gasteiger partial charge in [0.05, 0.1) is 17.8 Å². The second-order valence-electron chi connectivity index (χ2n) is 9.57. The summed E-state index contributed by atoms with van der Waals surface area (Å²) in [5.74, 6) is 0.762. The first-order valence-electron chi connectivity index (χ1n) is 10.6. The van der Waals surface area contributed by atoms with Crippen molar-refractivity contribution in [3.63, 3.8) is 0 Å². The van der Waals surface area contributed by atoms with Crippen LogP contribution in [0, 0.1) is 0 Å². The first-order valence-corrected chi connectivity index (χ1v) is 10.6. The van der Waals surface area contributed by atoms with E-state index >= 15 is 0 Å². The van der Waals surface area contributed by atoms with Gasteiger partial charge in [0, 0.05) is 13.7 Å². The molecule has 0 aliphatic carbocycles. The Balaban J connectivity index is 2.18. The summed E-state index contributed by atoms with van der Waals surface area (Å²) in [5, 5.41) is 2.81. The van der Waals surface area contributed by atoms with E-state index in [0.29, 0.717) is 13.2 Å². The van der Waals surface area contributed by atoms with Crippen molar-refractivity contribution in [1.82, 2.24) is 5.32 Å². The molecule has 2 rings (SSSR count). The van der Waals surface area contributed by atoms with Gasteiger partial charge in [-0.15, -0.1) is 0 Å². The molecule has 172 valence electrons. The summed E-state index contributed by atoms with van der Waals surface area (Å²) in [5.41, 5.74) is 0.188. The van der Waals surface area contributed by atoms with Gasteiger partial charge in [0.25, 0.3) is 0 Å². The minimum atomic E-state index is -0.586. The zero-order chi connectivity index (χ0) is 23.3. The van der Waals surface area contributed by atoms with Crippen molar-refractivity contribution in [3.05, 3.63) is 35.3 Å². The van der Waals surface area contributed by atoms with Gasteiger partial charge < -0.3 is 28.8 Å². The minimum Gasteiger partial charge on any atom is -0.491 e. The van der Waals surface area contributed by atoms with Gasteiger partial charge in [-0.2, -0.15) is 0 Å². The first kappa shape index (κ1) is 25.2. The van der Waals surface area contributed by atoms with Gasteiger partial charge in [0.1, 0.15) is 18.0 Å². The number of rotatable bonds is 8. The third kappa shape index (κ3) is 7.56. The number of hydrogen-bond acceptors (Lipinski definition) is 6. The zero-order valence-electron chi connectivity index (χ0n) is 20.0. The van der Waals surface area contributed by atoms with Crippen molar-refractivity contribution in [2.75, 3.05) is 26.9 Å². The molecule has 1 fully saturated rings. The van der Waals surface area contributed by atoms with Gasteiger partial charge in [0.2, 0.25) is 0 Å². The summed E-state index contributed by atoms with van der Waals surface area (Å²) in [4.78, 5) is 12.2. The first-order chi connectivity index (χ1) is 14.3. The molecule has 0 saturated carbocycles. The predicted molar refractivity (Wildman–Crippen MR) is 122 cm³/mol. The van der Waals surface area contributed by atoms with E-state index in [0.717, 1.165) is 16.8 Å². The number of ether oxygens (including phenoxy) is 3. The number of methoxy groups -OCH3 is 1. The van der Waals surface area contributed by atoms with Crippen molar-refractivity contribution in [2.45, 2.75) is 65.3 Å². The largest absolute Gasteiger partial charge is 0.492 e. The van der Waals surface area contributed by atoms with Gasteiger partial charge in [-0.05, 0) is 71.6 Å². The van der Waals surface area contributed by atoms with E-state index in [-0.39, 0.29) is 6.54 Å². The van der Waals surface area contributed by atoms with Crippen molar-refractivity contribution >= 4 is 19.3 Å². The highest BCUT2D eigenvalue weighted by Crippen LogP contribution is 2.38. The van der Waals surface area contributed by atoms with Gasteiger partial charge in [-0.25, -0.2) is 4.79 Å². The fourth-order valence-corrected chi connectivity index (χ4v) is 2.80. The van der Waals surface area contributed by atoms with E-state index in [4.69, 9.17) is 23.5 Å². The minimum absolute atomic E-state index is 0.234. The molecule has 0 spiro atoms. The van der Waals surface area contributed by atoms with Crippen LogP contribution in [-0.4, -0.2) is 56.9 Å². The number of nitrogens with one attached hydrogen (secondary N) is 1. The molecule has 0 radical (unpaired) electrons. The molecule has 1 N–H and O–H groups in total. The maximum absolute atomic E-state index is 12.2. The maximum Gasteiger partial charge on any atom is 0.492 e. The molecule has 0 atom stereocenters. The topological polar surface area (TPSA) is 75.3 Å². The summed E-state index contributed by atoms with van der Waals surface area (Å²) in [7, 11) is 1.05. The number of carbonyl (C=O) groups excluding carboxylic acids is 1. The molecule has 1 amide bonds. The van der Waals surface area contributed by atoms with Gasteiger partial charge in [-0.3, -0.25) is 0 Å². The fourth-order valence-electron chi connectivity index (χ4n) is 2.80. The highest BCUT2D eigenvalue weighted by atomic mass is 16.7. The molecule has 1 heterocycles. The van der Waals surface area contributed by atoms with Crippen molar-refractivity contribution in [2.24, 2.45) is 0 Å². The summed E-state index contributed by atoms with van der Waals surface area (Å²) < 4.78 is 28.4. The summed E-state index contributed by atoms with van der Waals surface area (Å²) >= 11 is 0. The standard InChI is InChI=1S/C23H36BNO6/c1-21(2,3)29-20(26)25-16-18(24-30-22(4,5)23(6,7)31-24)15-17-9-11-19(12-10-17)28-14-13-27-8/h9-12,15H,13-14,16H2,1-8H3,(H,25,26). The zero-order valence-corrected chi connectivity index (χ0v) is 20.0. The Morgan fingerprint density at radius 1 is 1.06 bits per heavy atom. The van der Waals surface area contributed by atoms with Crippen LogP contribution in [0.4, 0.5) is 4.79 Å². The van der Waals surface area contributed by atoms with E-state index in [9.17, 15) is 4.79 Å². The van der Waals surface area contributed by atoms with Crippen LogP contribution in [0.25, 0.3) is 6.08 Å². The molecule has 1 aromatic carbocycles. The SMILES string of the molecule is COCCOc1ccc(C=C(CNC(=O)OC(C)(C)C)B2OC(C)(C)C(C)(C)O2)cc1. The molecular weight excluding hydrogens is 397 g/mol. The third-order valence-electron chi connectivity index (χ3n) is 5.18. The Kier molecular flexibility index (Phi) is 8.19. The summed E-state index contributed by atoms with van der Waals surface area (Å²) in [6.45, 7) is 14.7. The van der Waals surface area contributed by atoms with Crippen LogP contribution in [0.1, 0.15) is 54.0 Å². The van der Waals surface area contributed by atoms with Gasteiger partial charge in [-0.1, -0.05) is 18.2 Å². The normalized spacial score (nSPS) is 18.1. The molecule has 1 aromatic rings. The Hall–Kier alpha value is -2.03. The Bertz CT molecular complexity index is 751. The van der Waals surface area contributed by atoms with Crippen molar-refractivity contribution in [1.29, 1.82) is 0 Å². The number of alkyl carbamates (subject to hydrolysis) is 1. The smallest absolute Gasteiger partial charge is 0.491 e. The van der Waals surface area contributed by atoms with Crippen LogP contribution in [0.5, 0.6) is 5.75 Å². The molecule has 7 nitrogen and oxygen atoms in total. The van der Waals surface area contributed by atoms with Crippen LogP contribution < -0.4 is 10.1 Å². The van der Waals surface area contributed by atoms with Crippen LogP contribution >= 0.6 is 0 Å². The number of hydrogen-bond donors (Lipinski definition) is 1. The maximum atomic E-state index is 12.2. The number of carbonyl (C=O) groups is 1. The second kappa shape index (κ2) is 10.1. The van der Waals surface area contributed by atoms with Crippen LogP contribution in [-0.2, 0) is 18.8 Å². The highest BCUT2D eigenvalue weighted by molar-refractivity contribution is 6.56. The average Bonchev–Trinajstić information content (AvgIpc) is 2.86. The molecule has 0 bridgehead atoms. The fraction of sp³-hybridized carbons (Fsp3) is 0.609. The molecule has 1 saturated heterocycles. The molecule has 31 heavy (non-hydrogen) atoms. The lowest BCUT2D eigenvalue weighted by Crippen LogP contribution is -2.41. The summed E-state index contributed by atoms with van der Waals surface area (Å²) in [6, 6.07) is 7.68. The average molecular weight is 433 g/mol. The van der Waals surface area contributed by atoms with E-state index in [2.05, 4.69) is 5.32 Å². The van der Waals surface area contributed by atoms with Crippen molar-refractivity contribution < 1.29 is 28.3 Å². The van der Waals surface area contributed by atoms with Crippen LogP contribution in [0.15, 0.2) is 29.7 Å². The Labute approximate surface area is 186 Å². The summed E-state index contributed by atoms with van der Waals surface area (Å²) in [6.07, 6.45) is 1.47. The Morgan fingerprint density at radius 2 is 1.65 bits per heavy atom. The van der Waals surface area contributed by atoms with E-state index in [1.54, 1.807) is 7.11 Å². The van der Waals surface area contributed by atoms with Crippen LogP contribution in [0.2, 0.25) is 0 Å². The lowest BCUT2D eigenvalue weighted by molar-refractivity contribution is 0.00578. The molecular formula is C23H36BNO6. The molecule has 0 unspecified atom stereocenters. The molecule has 1 aliphatic rings. The monoisotopic (exact) mass is 433 g/mol. The van der Waals surface area contributed by atoms with E-state index in [1.807, 2.05) is 78.8 Å². The quantitative estimate of drug-likeness (QED) is 0.488. The lowest BCUT2D eigenvalue weighted by atomic mass is 9.77. The lowest BCUT2D eigenvalue weighted by Gasteiger charge is -2.32. The predicted octanol–water partition coefficient (Wildman–Crippen LogP) is 4.25. The number of amides is 1. The van der Waals surface area contributed by atoms with Gasteiger partial charge >= 0.3 is 13.2 Å². The molecule has 8 heteroatoms. The highest BCUT2D eigenvalue weighted by Gasteiger charge is 2.52. The van der Waals surface area contributed by atoms with Gasteiger partial charge in [0.15, 0.2) is 0 Å². The molecule has 0 aromatic heterocycles. The third-order valence-corrected chi connectivity index (χ3v) is 5.18. The second-order valence-corrected chi connectivity index (χ2v) is 9.57. The Morgan fingerprint density at radius 3 is 2.16 bits per heavy atom. The van der Waals surface area contributed by atoms with Crippen molar-refractivity contribution in [3.8, 4) is 5.75 Å².